The van der Waals surface area contributed by atoms with Gasteiger partial charge in [-0.2, -0.15) is 5.10 Å². The summed E-state index contributed by atoms with van der Waals surface area (Å²) in [6.07, 6.45) is 2.45. The van der Waals surface area contributed by atoms with E-state index in [-0.39, 0.29) is 24.5 Å². The van der Waals surface area contributed by atoms with E-state index >= 15 is 0 Å². The molecule has 0 saturated carbocycles. The van der Waals surface area contributed by atoms with E-state index in [1.165, 1.54) is 0 Å². The van der Waals surface area contributed by atoms with Crippen LogP contribution in [-0.2, 0) is 27.2 Å². The molecule has 0 aliphatic heterocycles. The van der Waals surface area contributed by atoms with Crippen LogP contribution in [0.2, 0.25) is 0 Å². The number of rotatable bonds is 7. The van der Waals surface area contributed by atoms with Gasteiger partial charge in [0.05, 0.1) is 17.5 Å². The Bertz CT molecular complexity index is 1270. The van der Waals surface area contributed by atoms with E-state index in [1.54, 1.807) is 24.3 Å². The molecule has 0 atom stereocenters. The summed E-state index contributed by atoms with van der Waals surface area (Å²) in [5, 5.41) is 11.2. The van der Waals surface area contributed by atoms with Gasteiger partial charge < -0.3 is 15.0 Å². The molecule has 0 aliphatic carbocycles. The number of amides is 1. The molecule has 3 N–H and O–H groups in total. The van der Waals surface area contributed by atoms with Crippen LogP contribution in [0, 0.1) is 0 Å². The van der Waals surface area contributed by atoms with Gasteiger partial charge in [0.2, 0.25) is 0 Å². The Hall–Kier alpha value is -3.94. The van der Waals surface area contributed by atoms with Crippen LogP contribution in [0.5, 0.6) is 0 Å². The second-order valence-electron chi connectivity index (χ2n) is 6.84. The highest BCUT2D eigenvalue weighted by Crippen LogP contribution is 2.17. The summed E-state index contributed by atoms with van der Waals surface area (Å²) < 4.78 is 5.06. The van der Waals surface area contributed by atoms with E-state index in [9.17, 15) is 14.4 Å². The number of fused-ring (bicyclic) bond motifs is 2. The number of para-hydroxylation sites is 1. The molecule has 0 fully saturated rings. The molecule has 8 heteroatoms. The first-order valence-electron chi connectivity index (χ1n) is 9.55. The third-order valence-electron chi connectivity index (χ3n) is 4.84. The SMILES string of the molecule is O=C(COC(=O)Cc1n[nH]c(=O)c2ccccc12)NCCc1c[nH]c2ccccc12. The van der Waals surface area contributed by atoms with Crippen LogP contribution in [0.25, 0.3) is 21.7 Å². The molecule has 152 valence electrons. The fraction of sp³-hybridized carbons (Fsp3) is 0.182. The molecule has 8 nitrogen and oxygen atoms in total. The lowest BCUT2D eigenvalue weighted by Crippen LogP contribution is -2.30. The summed E-state index contributed by atoms with van der Waals surface area (Å²) in [6, 6.07) is 14.8. The summed E-state index contributed by atoms with van der Waals surface area (Å²) in [5.74, 6) is -0.964. The number of carbonyl (C=O) groups is 2. The van der Waals surface area contributed by atoms with Crippen molar-refractivity contribution in [2.75, 3.05) is 13.2 Å². The van der Waals surface area contributed by atoms with Gasteiger partial charge in [-0.25, -0.2) is 5.10 Å². The van der Waals surface area contributed by atoms with Crippen molar-refractivity contribution in [3.63, 3.8) is 0 Å². The molecule has 0 unspecified atom stereocenters. The maximum absolute atomic E-state index is 12.1. The second kappa shape index (κ2) is 8.60. The molecule has 2 aromatic heterocycles. The van der Waals surface area contributed by atoms with E-state index in [4.69, 9.17) is 4.74 Å². The lowest BCUT2D eigenvalue weighted by atomic mass is 10.1. The normalized spacial score (nSPS) is 10.9. The fourth-order valence-corrected chi connectivity index (χ4v) is 3.37. The first-order valence-corrected chi connectivity index (χ1v) is 9.55. The number of carbonyl (C=O) groups excluding carboxylic acids is 2. The molecule has 2 aromatic carbocycles. The largest absolute Gasteiger partial charge is 0.455 e. The lowest BCUT2D eigenvalue weighted by Gasteiger charge is -2.07. The Morgan fingerprint density at radius 2 is 1.73 bits per heavy atom. The molecule has 1 amide bonds. The Morgan fingerprint density at radius 1 is 1.00 bits per heavy atom. The minimum absolute atomic E-state index is 0.139. The third kappa shape index (κ3) is 4.22. The zero-order valence-electron chi connectivity index (χ0n) is 16.1. The van der Waals surface area contributed by atoms with Gasteiger partial charge in [-0.1, -0.05) is 36.4 Å². The number of nitrogens with one attached hydrogen (secondary N) is 3. The number of H-pyrrole nitrogens is 2. The molecule has 0 aliphatic rings. The molecule has 0 spiro atoms. The van der Waals surface area contributed by atoms with Crippen molar-refractivity contribution in [3.8, 4) is 0 Å². The van der Waals surface area contributed by atoms with Crippen LogP contribution in [-0.4, -0.2) is 40.2 Å². The quantitative estimate of drug-likeness (QED) is 0.407. The second-order valence-corrected chi connectivity index (χ2v) is 6.84. The predicted octanol–water partition coefficient (Wildman–Crippen LogP) is 1.85. The Morgan fingerprint density at radius 3 is 2.57 bits per heavy atom. The first kappa shape index (κ1) is 19.4. The molecule has 0 bridgehead atoms. The molecule has 4 rings (SSSR count). The zero-order chi connectivity index (χ0) is 20.9. The summed E-state index contributed by atoms with van der Waals surface area (Å²) in [6.45, 7) is 0.0678. The van der Waals surface area contributed by atoms with Crippen molar-refractivity contribution >= 4 is 33.6 Å². The molecular weight excluding hydrogens is 384 g/mol. The smallest absolute Gasteiger partial charge is 0.312 e. The van der Waals surface area contributed by atoms with E-state index in [1.807, 2.05) is 30.5 Å². The average molecular weight is 404 g/mol. The van der Waals surface area contributed by atoms with Gasteiger partial charge in [0.15, 0.2) is 6.61 Å². The first-order chi connectivity index (χ1) is 14.6. The monoisotopic (exact) mass is 404 g/mol. The molecule has 30 heavy (non-hydrogen) atoms. The molecule has 0 radical (unpaired) electrons. The van der Waals surface area contributed by atoms with Crippen LogP contribution in [0.4, 0.5) is 0 Å². The van der Waals surface area contributed by atoms with Crippen LogP contribution in [0.15, 0.2) is 59.5 Å². The van der Waals surface area contributed by atoms with E-state index < -0.39 is 5.97 Å². The minimum atomic E-state index is -0.591. The summed E-state index contributed by atoms with van der Waals surface area (Å²) in [7, 11) is 0. The standard InChI is InChI=1S/C22H20N4O4/c27-20(23-10-9-14-12-24-18-8-4-3-5-15(14)18)13-30-21(28)11-19-16-6-1-2-7-17(16)22(29)26-25-19/h1-8,12,24H,9-11,13H2,(H,23,27)(H,26,29). The Balaban J connectivity index is 1.27. The van der Waals surface area contributed by atoms with Crippen molar-refractivity contribution in [1.82, 2.24) is 20.5 Å². The van der Waals surface area contributed by atoms with Crippen molar-refractivity contribution in [2.24, 2.45) is 0 Å². The van der Waals surface area contributed by atoms with Crippen LogP contribution in [0.1, 0.15) is 11.3 Å². The Kier molecular flexibility index (Phi) is 5.56. The van der Waals surface area contributed by atoms with Crippen molar-refractivity contribution < 1.29 is 14.3 Å². The van der Waals surface area contributed by atoms with Gasteiger partial charge in [0.25, 0.3) is 11.5 Å². The van der Waals surface area contributed by atoms with Gasteiger partial charge >= 0.3 is 5.97 Å². The predicted molar refractivity (Wildman–Crippen MR) is 112 cm³/mol. The van der Waals surface area contributed by atoms with Gasteiger partial charge in [0, 0.05) is 29.0 Å². The van der Waals surface area contributed by atoms with E-state index in [2.05, 4.69) is 20.5 Å². The average Bonchev–Trinajstić information content (AvgIpc) is 3.18. The van der Waals surface area contributed by atoms with E-state index in [0.717, 1.165) is 16.5 Å². The maximum Gasteiger partial charge on any atom is 0.312 e. The fourth-order valence-electron chi connectivity index (χ4n) is 3.37. The molecule has 2 heterocycles. The lowest BCUT2D eigenvalue weighted by molar-refractivity contribution is -0.147. The molecular formula is C22H20N4O4. The topological polar surface area (TPSA) is 117 Å². The number of nitrogens with zero attached hydrogens (tertiary/aromatic N) is 1. The summed E-state index contributed by atoms with van der Waals surface area (Å²) in [4.78, 5) is 39.1. The van der Waals surface area contributed by atoms with Gasteiger partial charge in [-0.15, -0.1) is 0 Å². The summed E-state index contributed by atoms with van der Waals surface area (Å²) >= 11 is 0. The number of esters is 1. The van der Waals surface area contributed by atoms with Crippen molar-refractivity contribution in [1.29, 1.82) is 0 Å². The van der Waals surface area contributed by atoms with Gasteiger partial charge in [-0.3, -0.25) is 14.4 Å². The number of benzene rings is 2. The highest BCUT2D eigenvalue weighted by atomic mass is 16.5. The van der Waals surface area contributed by atoms with Crippen LogP contribution in [0.3, 0.4) is 0 Å². The third-order valence-corrected chi connectivity index (χ3v) is 4.84. The number of hydrogen-bond acceptors (Lipinski definition) is 5. The number of aromatic nitrogens is 3. The van der Waals surface area contributed by atoms with Crippen LogP contribution >= 0.6 is 0 Å². The van der Waals surface area contributed by atoms with Crippen LogP contribution < -0.4 is 10.9 Å². The number of hydrogen-bond donors (Lipinski definition) is 3. The summed E-state index contributed by atoms with van der Waals surface area (Å²) in [5.41, 5.74) is 2.24. The van der Waals surface area contributed by atoms with Gasteiger partial charge in [0.1, 0.15) is 0 Å². The highest BCUT2D eigenvalue weighted by Gasteiger charge is 2.13. The minimum Gasteiger partial charge on any atom is -0.455 e. The number of ether oxygens (including phenoxy) is 1. The van der Waals surface area contributed by atoms with Crippen molar-refractivity contribution in [2.45, 2.75) is 12.8 Å². The Labute approximate surface area is 171 Å². The number of aromatic amines is 2. The van der Waals surface area contributed by atoms with Gasteiger partial charge in [-0.05, 0) is 24.1 Å². The maximum atomic E-state index is 12.1. The van der Waals surface area contributed by atoms with Crippen molar-refractivity contribution in [3.05, 3.63) is 76.3 Å². The molecule has 0 saturated heterocycles. The molecule has 4 aromatic rings. The zero-order valence-corrected chi connectivity index (χ0v) is 16.1. The van der Waals surface area contributed by atoms with E-state index in [0.29, 0.717) is 29.4 Å². The highest BCUT2D eigenvalue weighted by molar-refractivity contribution is 5.87.